The minimum Gasteiger partial charge on any atom is -0.493 e. The number of fused-ring (bicyclic) bond motifs is 3. The van der Waals surface area contributed by atoms with Crippen LogP contribution in [-0.2, 0) is 11.2 Å². The van der Waals surface area contributed by atoms with Gasteiger partial charge in [-0.05, 0) is 29.7 Å². The van der Waals surface area contributed by atoms with Crippen LogP contribution in [0.25, 0.3) is 0 Å². The van der Waals surface area contributed by atoms with Crippen LogP contribution in [0.3, 0.4) is 0 Å². The van der Waals surface area contributed by atoms with Gasteiger partial charge < -0.3 is 19.5 Å². The standard InChI is InChI=1S/C17H22N2O4/c1-21-14-7-11-3-5-19-6-4-17(10-18-16(20)23-17)9-13(19)12(11)8-15(14)22-2/h7-8,13H,3-6,9-10H2,1-2H3,(H,18,20)/t13-,17+/m0/s1. The Balaban J connectivity index is 1.70. The van der Waals surface area contributed by atoms with Crippen LogP contribution in [0, 0.1) is 0 Å². The van der Waals surface area contributed by atoms with E-state index in [1.807, 2.05) is 0 Å². The predicted octanol–water partition coefficient (Wildman–Crippen LogP) is 1.88. The number of benzene rings is 1. The van der Waals surface area contributed by atoms with E-state index in [1.54, 1.807) is 14.2 Å². The summed E-state index contributed by atoms with van der Waals surface area (Å²) in [5, 5.41) is 2.82. The monoisotopic (exact) mass is 318 g/mol. The third-order valence-electron chi connectivity index (χ3n) is 5.40. The number of hydrogen-bond acceptors (Lipinski definition) is 5. The van der Waals surface area contributed by atoms with Crippen LogP contribution in [0.15, 0.2) is 12.1 Å². The zero-order valence-electron chi connectivity index (χ0n) is 13.6. The number of hydrogen-bond donors (Lipinski definition) is 1. The Morgan fingerprint density at radius 3 is 2.74 bits per heavy atom. The van der Waals surface area contributed by atoms with Crippen molar-refractivity contribution in [3.8, 4) is 11.5 Å². The Bertz CT molecular complexity index is 648. The molecule has 2 atom stereocenters. The second-order valence-electron chi connectivity index (χ2n) is 6.59. The summed E-state index contributed by atoms with van der Waals surface area (Å²) in [4.78, 5) is 14.0. The largest absolute Gasteiger partial charge is 0.493 e. The van der Waals surface area contributed by atoms with Crippen molar-refractivity contribution in [2.75, 3.05) is 33.9 Å². The molecule has 1 spiro atoms. The van der Waals surface area contributed by atoms with E-state index in [0.29, 0.717) is 6.54 Å². The summed E-state index contributed by atoms with van der Waals surface area (Å²) >= 11 is 0. The van der Waals surface area contributed by atoms with Crippen LogP contribution >= 0.6 is 0 Å². The summed E-state index contributed by atoms with van der Waals surface area (Å²) < 4.78 is 16.5. The Morgan fingerprint density at radius 1 is 1.26 bits per heavy atom. The van der Waals surface area contributed by atoms with E-state index < -0.39 is 0 Å². The van der Waals surface area contributed by atoms with E-state index in [4.69, 9.17) is 14.2 Å². The third-order valence-corrected chi connectivity index (χ3v) is 5.40. The number of amides is 1. The van der Waals surface area contributed by atoms with Gasteiger partial charge in [0, 0.05) is 32.0 Å². The van der Waals surface area contributed by atoms with Crippen LogP contribution in [0.5, 0.6) is 11.5 Å². The first-order valence-corrected chi connectivity index (χ1v) is 8.10. The molecular formula is C17H22N2O4. The lowest BCUT2D eigenvalue weighted by Gasteiger charge is -2.46. The molecule has 0 saturated carbocycles. The molecule has 0 radical (unpaired) electrons. The first-order chi connectivity index (χ1) is 11.1. The summed E-state index contributed by atoms with van der Waals surface area (Å²) in [5.74, 6) is 1.54. The lowest BCUT2D eigenvalue weighted by atomic mass is 9.79. The van der Waals surface area contributed by atoms with Gasteiger partial charge >= 0.3 is 6.09 Å². The summed E-state index contributed by atoms with van der Waals surface area (Å²) in [7, 11) is 3.33. The maximum absolute atomic E-state index is 11.5. The highest BCUT2D eigenvalue weighted by atomic mass is 16.6. The summed E-state index contributed by atoms with van der Waals surface area (Å²) in [5.41, 5.74) is 2.22. The third kappa shape index (κ3) is 2.32. The molecular weight excluding hydrogens is 296 g/mol. The molecule has 2 saturated heterocycles. The van der Waals surface area contributed by atoms with Gasteiger partial charge in [-0.2, -0.15) is 0 Å². The molecule has 1 aromatic carbocycles. The topological polar surface area (TPSA) is 60.0 Å². The predicted molar refractivity (Wildman–Crippen MR) is 84.0 cm³/mol. The SMILES string of the molecule is COc1cc2c(cc1OC)[C@@H]1C[C@]3(CCN1CC2)CNC(=O)O3. The highest BCUT2D eigenvalue weighted by Crippen LogP contribution is 2.45. The molecule has 0 unspecified atom stereocenters. The summed E-state index contributed by atoms with van der Waals surface area (Å²) in [6.07, 6.45) is 2.44. The Kier molecular flexibility index (Phi) is 3.37. The van der Waals surface area contributed by atoms with E-state index in [2.05, 4.69) is 22.3 Å². The number of piperidine rings is 1. The van der Waals surface area contributed by atoms with Crippen molar-refractivity contribution in [1.29, 1.82) is 0 Å². The zero-order chi connectivity index (χ0) is 16.0. The lowest BCUT2D eigenvalue weighted by molar-refractivity contribution is -0.0296. The average Bonchev–Trinajstić information content (AvgIpc) is 2.93. The van der Waals surface area contributed by atoms with Crippen molar-refractivity contribution in [3.63, 3.8) is 0 Å². The summed E-state index contributed by atoms with van der Waals surface area (Å²) in [6.45, 7) is 2.59. The molecule has 6 nitrogen and oxygen atoms in total. The molecule has 124 valence electrons. The second kappa shape index (κ2) is 5.30. The van der Waals surface area contributed by atoms with Gasteiger partial charge in [-0.3, -0.25) is 4.90 Å². The van der Waals surface area contributed by atoms with Gasteiger partial charge in [0.25, 0.3) is 0 Å². The van der Waals surface area contributed by atoms with Crippen LogP contribution < -0.4 is 14.8 Å². The van der Waals surface area contributed by atoms with E-state index in [0.717, 1.165) is 43.9 Å². The molecule has 4 rings (SSSR count). The molecule has 6 heteroatoms. The van der Waals surface area contributed by atoms with E-state index in [9.17, 15) is 4.79 Å². The first kappa shape index (κ1) is 14.6. The minimum absolute atomic E-state index is 0.264. The van der Waals surface area contributed by atoms with Crippen molar-refractivity contribution in [3.05, 3.63) is 23.3 Å². The van der Waals surface area contributed by atoms with Gasteiger partial charge in [-0.1, -0.05) is 0 Å². The number of alkyl carbamates (subject to hydrolysis) is 1. The lowest BCUT2D eigenvalue weighted by Crippen LogP contribution is -2.50. The van der Waals surface area contributed by atoms with Crippen LogP contribution in [0.1, 0.15) is 30.0 Å². The van der Waals surface area contributed by atoms with Crippen molar-refractivity contribution >= 4 is 6.09 Å². The highest BCUT2D eigenvalue weighted by Gasteiger charge is 2.48. The first-order valence-electron chi connectivity index (χ1n) is 8.10. The number of rotatable bonds is 2. The molecule has 1 N–H and O–H groups in total. The molecule has 3 aliphatic rings. The van der Waals surface area contributed by atoms with Gasteiger partial charge in [0.05, 0.1) is 20.8 Å². The van der Waals surface area contributed by atoms with Gasteiger partial charge in [-0.15, -0.1) is 0 Å². The van der Waals surface area contributed by atoms with Crippen LogP contribution in [0.4, 0.5) is 4.79 Å². The maximum Gasteiger partial charge on any atom is 0.407 e. The number of nitrogens with one attached hydrogen (secondary N) is 1. The number of carbonyl (C=O) groups excluding carboxylic acids is 1. The second-order valence-corrected chi connectivity index (χ2v) is 6.59. The number of nitrogens with zero attached hydrogens (tertiary/aromatic N) is 1. The average molecular weight is 318 g/mol. The van der Waals surface area contributed by atoms with Crippen LogP contribution in [0.2, 0.25) is 0 Å². The molecule has 0 aromatic heterocycles. The fourth-order valence-electron chi connectivity index (χ4n) is 4.14. The Hall–Kier alpha value is -1.95. The molecule has 0 bridgehead atoms. The molecule has 2 fully saturated rings. The molecule has 23 heavy (non-hydrogen) atoms. The highest BCUT2D eigenvalue weighted by molar-refractivity contribution is 5.70. The zero-order valence-corrected chi connectivity index (χ0v) is 13.6. The van der Waals surface area contributed by atoms with Gasteiger partial charge in [0.1, 0.15) is 5.60 Å². The maximum atomic E-state index is 11.5. The molecule has 3 aliphatic heterocycles. The molecule has 1 amide bonds. The fraction of sp³-hybridized carbons (Fsp3) is 0.588. The molecule has 0 aliphatic carbocycles. The fourth-order valence-corrected chi connectivity index (χ4v) is 4.14. The molecule has 1 aromatic rings. The normalized spacial score (nSPS) is 29.5. The minimum atomic E-state index is -0.361. The molecule has 3 heterocycles. The smallest absolute Gasteiger partial charge is 0.407 e. The Labute approximate surface area is 135 Å². The van der Waals surface area contributed by atoms with Crippen molar-refractivity contribution in [2.24, 2.45) is 0 Å². The van der Waals surface area contributed by atoms with Crippen LogP contribution in [-0.4, -0.2) is 50.4 Å². The summed E-state index contributed by atoms with van der Waals surface area (Å²) in [6, 6.07) is 4.44. The number of methoxy groups -OCH3 is 2. The van der Waals surface area contributed by atoms with Gasteiger partial charge in [0.15, 0.2) is 11.5 Å². The van der Waals surface area contributed by atoms with E-state index >= 15 is 0 Å². The van der Waals surface area contributed by atoms with Gasteiger partial charge in [-0.25, -0.2) is 4.79 Å². The number of ether oxygens (including phenoxy) is 3. The van der Waals surface area contributed by atoms with Crippen molar-refractivity contribution in [1.82, 2.24) is 10.2 Å². The van der Waals surface area contributed by atoms with E-state index in [1.165, 1.54) is 11.1 Å². The quantitative estimate of drug-likeness (QED) is 0.902. The Morgan fingerprint density at radius 2 is 2.04 bits per heavy atom. The number of carbonyl (C=O) groups is 1. The van der Waals surface area contributed by atoms with Crippen molar-refractivity contribution in [2.45, 2.75) is 30.9 Å². The van der Waals surface area contributed by atoms with Gasteiger partial charge in [0.2, 0.25) is 0 Å². The van der Waals surface area contributed by atoms with E-state index in [-0.39, 0.29) is 17.7 Å². The van der Waals surface area contributed by atoms with Crippen molar-refractivity contribution < 1.29 is 19.0 Å².